The molecule has 1 aromatic carbocycles. The second kappa shape index (κ2) is 6.13. The van der Waals surface area contributed by atoms with Gasteiger partial charge < -0.3 is 10.1 Å². The number of ether oxygens (including phenoxy) is 1. The number of aryl methyl sites for hydroxylation is 1. The zero-order valence-electron chi connectivity index (χ0n) is 11.4. The van der Waals surface area contributed by atoms with Gasteiger partial charge in [-0.25, -0.2) is 4.79 Å². The van der Waals surface area contributed by atoms with Crippen LogP contribution in [0.4, 0.5) is 5.69 Å². The molecule has 1 atom stereocenters. The summed E-state index contributed by atoms with van der Waals surface area (Å²) in [6.45, 7) is 5.99. The van der Waals surface area contributed by atoms with Crippen LogP contribution in [0.25, 0.3) is 0 Å². The van der Waals surface area contributed by atoms with Crippen LogP contribution < -0.4 is 5.32 Å². The summed E-state index contributed by atoms with van der Waals surface area (Å²) in [5.41, 5.74) is 1.40. The van der Waals surface area contributed by atoms with Crippen molar-refractivity contribution in [2.24, 2.45) is 0 Å². The van der Waals surface area contributed by atoms with Crippen LogP contribution in [-0.2, 0) is 14.3 Å². The predicted molar refractivity (Wildman–Crippen MR) is 71.0 cm³/mol. The molecular weight excluding hydrogens is 246 g/mol. The second-order valence-corrected chi connectivity index (χ2v) is 4.34. The average Bonchev–Trinajstić information content (AvgIpc) is 2.30. The van der Waals surface area contributed by atoms with Crippen molar-refractivity contribution < 1.29 is 19.1 Å². The van der Waals surface area contributed by atoms with Crippen LogP contribution in [0.2, 0.25) is 0 Å². The molecule has 5 heteroatoms. The van der Waals surface area contributed by atoms with Crippen molar-refractivity contribution in [3.8, 4) is 0 Å². The van der Waals surface area contributed by atoms with E-state index in [2.05, 4.69) is 5.32 Å². The van der Waals surface area contributed by atoms with E-state index in [4.69, 9.17) is 4.74 Å². The Morgan fingerprint density at radius 2 is 1.84 bits per heavy atom. The minimum Gasteiger partial charge on any atom is -0.451 e. The molecule has 0 aliphatic rings. The molecule has 0 fully saturated rings. The molecule has 0 aromatic heterocycles. The number of nitrogens with one attached hydrogen (secondary N) is 1. The Morgan fingerprint density at radius 3 is 2.37 bits per heavy atom. The molecule has 0 radical (unpaired) electrons. The number of carbonyl (C=O) groups is 3. The fraction of sp³-hybridized carbons (Fsp3) is 0.357. The third-order valence-corrected chi connectivity index (χ3v) is 2.65. The zero-order chi connectivity index (χ0) is 14.6. The number of rotatable bonds is 4. The molecule has 0 saturated carbocycles. The van der Waals surface area contributed by atoms with Crippen molar-refractivity contribution in [1.29, 1.82) is 0 Å². The Hall–Kier alpha value is -2.17. The molecule has 1 rings (SSSR count). The maximum Gasteiger partial charge on any atom is 0.340 e. The second-order valence-electron chi connectivity index (χ2n) is 4.34. The fourth-order valence-electron chi connectivity index (χ4n) is 1.49. The molecule has 1 N–H and O–H groups in total. The lowest BCUT2D eigenvalue weighted by Crippen LogP contribution is -2.23. The van der Waals surface area contributed by atoms with Crippen LogP contribution in [0.5, 0.6) is 0 Å². The molecule has 0 aliphatic carbocycles. The normalized spacial score (nSPS) is 11.6. The molecule has 0 heterocycles. The first kappa shape index (κ1) is 14.9. The molecule has 102 valence electrons. The van der Waals surface area contributed by atoms with Crippen LogP contribution in [0.3, 0.4) is 0 Å². The quantitative estimate of drug-likeness (QED) is 0.844. The van der Waals surface area contributed by atoms with Gasteiger partial charge in [-0.1, -0.05) is 12.1 Å². The number of Topliss-reactive ketones (excluding diaryl/α,β-unsaturated/α-hetero) is 1. The van der Waals surface area contributed by atoms with E-state index in [-0.39, 0.29) is 17.3 Å². The van der Waals surface area contributed by atoms with Gasteiger partial charge in [-0.05, 0) is 32.4 Å². The lowest BCUT2D eigenvalue weighted by molar-refractivity contribution is -0.124. The van der Waals surface area contributed by atoms with E-state index < -0.39 is 12.1 Å². The Bertz CT molecular complexity index is 522. The summed E-state index contributed by atoms with van der Waals surface area (Å²) in [6, 6.07) is 5.01. The highest BCUT2D eigenvalue weighted by molar-refractivity contribution is 6.02. The summed E-state index contributed by atoms with van der Waals surface area (Å²) < 4.78 is 5.04. The molecule has 19 heavy (non-hydrogen) atoms. The number of anilines is 1. The number of hydrogen-bond donors (Lipinski definition) is 1. The standard InChI is InChI=1S/C14H17NO4/c1-8-6-5-7-12(13(8)15-11(4)17)14(18)19-10(3)9(2)16/h5-7,10H,1-4H3,(H,15,17). The van der Waals surface area contributed by atoms with E-state index >= 15 is 0 Å². The number of ketones is 1. The maximum absolute atomic E-state index is 12.0. The SMILES string of the molecule is CC(=O)Nc1c(C)cccc1C(=O)OC(C)C(C)=O. The molecule has 0 spiro atoms. The van der Waals surface area contributed by atoms with Crippen molar-refractivity contribution in [1.82, 2.24) is 0 Å². The van der Waals surface area contributed by atoms with Crippen LogP contribution in [0.15, 0.2) is 18.2 Å². The largest absolute Gasteiger partial charge is 0.451 e. The highest BCUT2D eigenvalue weighted by Crippen LogP contribution is 2.22. The van der Waals surface area contributed by atoms with Gasteiger partial charge in [0.15, 0.2) is 11.9 Å². The molecule has 1 aromatic rings. The van der Waals surface area contributed by atoms with Crippen LogP contribution in [-0.4, -0.2) is 23.8 Å². The van der Waals surface area contributed by atoms with Gasteiger partial charge in [-0.3, -0.25) is 9.59 Å². The molecule has 5 nitrogen and oxygen atoms in total. The maximum atomic E-state index is 12.0. The number of para-hydroxylation sites is 1. The molecular formula is C14H17NO4. The van der Waals surface area contributed by atoms with Gasteiger partial charge in [-0.2, -0.15) is 0 Å². The highest BCUT2D eigenvalue weighted by atomic mass is 16.5. The monoisotopic (exact) mass is 263 g/mol. The third-order valence-electron chi connectivity index (χ3n) is 2.65. The van der Waals surface area contributed by atoms with Gasteiger partial charge >= 0.3 is 5.97 Å². The van der Waals surface area contributed by atoms with Crippen molar-refractivity contribution in [2.75, 3.05) is 5.32 Å². The van der Waals surface area contributed by atoms with E-state index in [1.165, 1.54) is 20.8 Å². The van der Waals surface area contributed by atoms with Crippen LogP contribution >= 0.6 is 0 Å². The van der Waals surface area contributed by atoms with Gasteiger partial charge in [0.1, 0.15) is 0 Å². The minimum absolute atomic E-state index is 0.234. The Morgan fingerprint density at radius 1 is 1.21 bits per heavy atom. The number of hydrogen-bond acceptors (Lipinski definition) is 4. The number of carbonyl (C=O) groups excluding carboxylic acids is 3. The van der Waals surface area contributed by atoms with E-state index in [1.807, 2.05) is 0 Å². The zero-order valence-corrected chi connectivity index (χ0v) is 11.4. The molecule has 0 aliphatic heterocycles. The topological polar surface area (TPSA) is 72.5 Å². The van der Waals surface area contributed by atoms with Crippen LogP contribution in [0, 0.1) is 6.92 Å². The Labute approximate surface area is 111 Å². The molecule has 0 saturated heterocycles. The van der Waals surface area contributed by atoms with Crippen molar-refractivity contribution in [2.45, 2.75) is 33.8 Å². The van der Waals surface area contributed by atoms with E-state index in [1.54, 1.807) is 25.1 Å². The first-order chi connectivity index (χ1) is 8.82. The number of esters is 1. The fourth-order valence-corrected chi connectivity index (χ4v) is 1.49. The summed E-state index contributed by atoms with van der Waals surface area (Å²) in [5, 5.41) is 2.60. The average molecular weight is 263 g/mol. The van der Waals surface area contributed by atoms with Crippen LogP contribution in [0.1, 0.15) is 36.7 Å². The summed E-state index contributed by atoms with van der Waals surface area (Å²) >= 11 is 0. The van der Waals surface area contributed by atoms with Gasteiger partial charge in [0, 0.05) is 6.92 Å². The smallest absolute Gasteiger partial charge is 0.340 e. The van der Waals surface area contributed by atoms with E-state index in [9.17, 15) is 14.4 Å². The Balaban J connectivity index is 3.05. The van der Waals surface area contributed by atoms with Gasteiger partial charge in [0.25, 0.3) is 0 Å². The van der Waals surface area contributed by atoms with Crippen molar-refractivity contribution in [3.05, 3.63) is 29.3 Å². The minimum atomic E-state index is -0.807. The third kappa shape index (κ3) is 3.91. The first-order valence-electron chi connectivity index (χ1n) is 5.91. The number of amides is 1. The summed E-state index contributed by atoms with van der Waals surface area (Å²) in [7, 11) is 0. The lowest BCUT2D eigenvalue weighted by Gasteiger charge is -2.14. The van der Waals surface area contributed by atoms with Crippen molar-refractivity contribution in [3.63, 3.8) is 0 Å². The summed E-state index contributed by atoms with van der Waals surface area (Å²) in [5.74, 6) is -1.14. The van der Waals surface area contributed by atoms with Gasteiger partial charge in [0.05, 0.1) is 11.3 Å². The molecule has 0 bridgehead atoms. The molecule has 1 amide bonds. The predicted octanol–water partition coefficient (Wildman–Crippen LogP) is 2.09. The van der Waals surface area contributed by atoms with E-state index in [0.29, 0.717) is 5.69 Å². The number of benzene rings is 1. The lowest BCUT2D eigenvalue weighted by atomic mass is 10.1. The summed E-state index contributed by atoms with van der Waals surface area (Å²) in [6.07, 6.45) is -0.807. The Kier molecular flexibility index (Phi) is 4.80. The first-order valence-corrected chi connectivity index (χ1v) is 5.91. The summed E-state index contributed by atoms with van der Waals surface area (Å²) in [4.78, 5) is 34.2. The van der Waals surface area contributed by atoms with E-state index in [0.717, 1.165) is 5.56 Å². The highest BCUT2D eigenvalue weighted by Gasteiger charge is 2.19. The van der Waals surface area contributed by atoms with Crippen molar-refractivity contribution >= 4 is 23.3 Å². The van der Waals surface area contributed by atoms with Gasteiger partial charge in [0.2, 0.25) is 5.91 Å². The molecule has 1 unspecified atom stereocenters. The van der Waals surface area contributed by atoms with Gasteiger partial charge in [-0.15, -0.1) is 0 Å².